The summed E-state index contributed by atoms with van der Waals surface area (Å²) in [6.45, 7) is 0. The van der Waals surface area contributed by atoms with Gasteiger partial charge in [0.05, 0.1) is 5.70 Å². The molecule has 4 rings (SSSR count). The molecule has 1 aromatic heterocycles. The molecule has 0 amide bonds. The summed E-state index contributed by atoms with van der Waals surface area (Å²) in [6, 6.07) is 18.8. The zero-order valence-corrected chi connectivity index (χ0v) is 12.6. The number of carbonyl (C=O) groups is 1. The van der Waals surface area contributed by atoms with Crippen LogP contribution in [0.15, 0.2) is 71.2 Å². The van der Waals surface area contributed by atoms with Crippen molar-refractivity contribution in [3.8, 4) is 11.4 Å². The third-order valence-electron chi connectivity index (χ3n) is 3.80. The fraction of sp³-hybridized carbons (Fsp3) is 0. The molecule has 116 valence electrons. The number of rotatable bonds is 2. The van der Waals surface area contributed by atoms with Gasteiger partial charge < -0.3 is 10.3 Å². The monoisotopic (exact) mass is 315 g/mol. The zero-order chi connectivity index (χ0) is 16.5. The number of fused-ring (bicyclic) bond motifs is 1. The van der Waals surface area contributed by atoms with Gasteiger partial charge in [0.2, 0.25) is 5.78 Å². The van der Waals surface area contributed by atoms with E-state index >= 15 is 0 Å². The number of anilines is 1. The van der Waals surface area contributed by atoms with Gasteiger partial charge in [-0.1, -0.05) is 60.7 Å². The highest BCUT2D eigenvalue weighted by atomic mass is 16.1. The largest absolute Gasteiger partial charge is 0.336 e. The van der Waals surface area contributed by atoms with Gasteiger partial charge in [-0.3, -0.25) is 9.59 Å². The van der Waals surface area contributed by atoms with Crippen LogP contribution in [0.5, 0.6) is 0 Å². The van der Waals surface area contributed by atoms with Crippen LogP contribution in [0, 0.1) is 0 Å². The molecule has 0 aliphatic carbocycles. The van der Waals surface area contributed by atoms with E-state index in [1.54, 1.807) is 6.08 Å². The van der Waals surface area contributed by atoms with Gasteiger partial charge in [-0.25, -0.2) is 4.98 Å². The van der Waals surface area contributed by atoms with Gasteiger partial charge in [0.1, 0.15) is 17.2 Å². The summed E-state index contributed by atoms with van der Waals surface area (Å²) < 4.78 is 0. The zero-order valence-electron chi connectivity index (χ0n) is 12.6. The van der Waals surface area contributed by atoms with Gasteiger partial charge in [0, 0.05) is 5.56 Å². The molecule has 0 atom stereocenters. The molecule has 2 heterocycles. The summed E-state index contributed by atoms with van der Waals surface area (Å²) in [4.78, 5) is 31.9. The normalized spacial score (nSPS) is 14.5. The first-order chi connectivity index (χ1) is 11.7. The minimum absolute atomic E-state index is 0.0527. The molecular weight excluding hydrogens is 302 g/mol. The Labute approximate surface area is 137 Å². The molecule has 1 aliphatic heterocycles. The number of aromatic nitrogens is 2. The first-order valence-corrected chi connectivity index (χ1v) is 7.50. The number of hydrogen-bond acceptors (Lipinski definition) is 4. The van der Waals surface area contributed by atoms with Gasteiger partial charge in [-0.2, -0.15) is 0 Å². The Balaban J connectivity index is 1.78. The van der Waals surface area contributed by atoms with Crippen LogP contribution in [0.25, 0.3) is 17.5 Å². The number of hydrogen-bond donors (Lipinski definition) is 2. The van der Waals surface area contributed by atoms with Crippen molar-refractivity contribution in [2.75, 3.05) is 5.32 Å². The van der Waals surface area contributed by atoms with Crippen molar-refractivity contribution in [3.63, 3.8) is 0 Å². The molecule has 0 spiro atoms. The molecule has 0 saturated carbocycles. The Morgan fingerprint density at radius 3 is 2.25 bits per heavy atom. The van der Waals surface area contributed by atoms with Crippen LogP contribution >= 0.6 is 0 Å². The highest BCUT2D eigenvalue weighted by Gasteiger charge is 2.30. The van der Waals surface area contributed by atoms with Crippen molar-refractivity contribution in [1.29, 1.82) is 0 Å². The maximum absolute atomic E-state index is 12.5. The van der Waals surface area contributed by atoms with E-state index in [-0.39, 0.29) is 11.3 Å². The summed E-state index contributed by atoms with van der Waals surface area (Å²) in [5, 5.41) is 2.96. The van der Waals surface area contributed by atoms with Crippen molar-refractivity contribution in [1.82, 2.24) is 9.97 Å². The van der Waals surface area contributed by atoms with Gasteiger partial charge >= 0.3 is 0 Å². The van der Waals surface area contributed by atoms with E-state index in [9.17, 15) is 9.59 Å². The van der Waals surface area contributed by atoms with Crippen LogP contribution in [-0.4, -0.2) is 15.8 Å². The van der Waals surface area contributed by atoms with E-state index in [2.05, 4.69) is 15.3 Å². The molecule has 0 radical (unpaired) electrons. The van der Waals surface area contributed by atoms with Crippen molar-refractivity contribution < 1.29 is 4.79 Å². The van der Waals surface area contributed by atoms with Crippen LogP contribution in [0.4, 0.5) is 5.82 Å². The Bertz CT molecular complexity index is 1010. The molecular formula is C19H13N3O2. The first kappa shape index (κ1) is 14.1. The maximum Gasteiger partial charge on any atom is 0.264 e. The van der Waals surface area contributed by atoms with Crippen molar-refractivity contribution in [3.05, 3.63) is 87.8 Å². The summed E-state index contributed by atoms with van der Waals surface area (Å²) >= 11 is 0. The maximum atomic E-state index is 12.5. The molecule has 2 aromatic carbocycles. The number of carbonyl (C=O) groups excluding carboxylic acids is 1. The third-order valence-corrected chi connectivity index (χ3v) is 3.80. The molecule has 0 fully saturated rings. The Morgan fingerprint density at radius 2 is 1.54 bits per heavy atom. The molecule has 0 saturated heterocycles. The second kappa shape index (κ2) is 5.62. The highest BCUT2D eigenvalue weighted by molar-refractivity contribution is 6.19. The summed E-state index contributed by atoms with van der Waals surface area (Å²) in [7, 11) is 0. The lowest BCUT2D eigenvalue weighted by Crippen LogP contribution is -2.16. The van der Waals surface area contributed by atoms with E-state index in [0.717, 1.165) is 11.1 Å². The molecule has 5 heteroatoms. The number of nitrogens with one attached hydrogen (secondary N) is 2. The van der Waals surface area contributed by atoms with Crippen LogP contribution in [-0.2, 0) is 0 Å². The van der Waals surface area contributed by atoms with E-state index < -0.39 is 5.56 Å². The second-order valence-corrected chi connectivity index (χ2v) is 5.43. The second-order valence-electron chi connectivity index (χ2n) is 5.43. The predicted octanol–water partition coefficient (Wildman–Crippen LogP) is 3.09. The minimum atomic E-state index is -0.437. The number of benzene rings is 2. The van der Waals surface area contributed by atoms with Crippen molar-refractivity contribution in [2.24, 2.45) is 0 Å². The smallest absolute Gasteiger partial charge is 0.264 e. The van der Waals surface area contributed by atoms with Crippen molar-refractivity contribution in [2.45, 2.75) is 0 Å². The lowest BCUT2D eigenvalue weighted by atomic mass is 10.1. The standard InChI is InChI=1S/C19H13N3O2/c23-16-14(11-12-7-3-1-4-8-12)20-18-15(16)19(24)22-17(21-18)13-9-5-2-6-10-13/h1-11H,(H2,20,21,22,24)/b14-11-. The molecule has 2 N–H and O–H groups in total. The molecule has 0 unspecified atom stereocenters. The van der Waals surface area contributed by atoms with E-state index in [4.69, 9.17) is 0 Å². The quantitative estimate of drug-likeness (QED) is 0.713. The Morgan fingerprint density at radius 1 is 0.875 bits per heavy atom. The van der Waals surface area contributed by atoms with Gasteiger partial charge in [0.25, 0.3) is 5.56 Å². The number of H-pyrrole nitrogens is 1. The summed E-state index contributed by atoms with van der Waals surface area (Å²) in [6.07, 6.45) is 1.71. The lowest BCUT2D eigenvalue weighted by Gasteiger charge is -2.03. The van der Waals surface area contributed by atoms with E-state index in [0.29, 0.717) is 17.3 Å². The number of Topliss-reactive ketones (excluding diaryl/α,β-unsaturated/α-hetero) is 1. The predicted molar refractivity (Wildman–Crippen MR) is 92.7 cm³/mol. The van der Waals surface area contributed by atoms with Gasteiger partial charge in [0.15, 0.2) is 0 Å². The molecule has 1 aliphatic rings. The fourth-order valence-electron chi connectivity index (χ4n) is 2.64. The first-order valence-electron chi connectivity index (χ1n) is 7.50. The van der Waals surface area contributed by atoms with E-state index in [1.807, 2.05) is 60.7 Å². The number of nitrogens with zero attached hydrogens (tertiary/aromatic N) is 1. The van der Waals surface area contributed by atoms with Crippen molar-refractivity contribution >= 4 is 17.7 Å². The van der Waals surface area contributed by atoms with Crippen LogP contribution in [0.1, 0.15) is 15.9 Å². The molecule has 0 bridgehead atoms. The Hall–Kier alpha value is -3.47. The topological polar surface area (TPSA) is 74.8 Å². The fourth-order valence-corrected chi connectivity index (χ4v) is 2.64. The van der Waals surface area contributed by atoms with Crippen LogP contribution in [0.3, 0.4) is 0 Å². The highest BCUT2D eigenvalue weighted by Crippen LogP contribution is 2.26. The molecule has 5 nitrogen and oxygen atoms in total. The summed E-state index contributed by atoms with van der Waals surface area (Å²) in [5.74, 6) is 0.382. The Kier molecular flexibility index (Phi) is 3.31. The summed E-state index contributed by atoms with van der Waals surface area (Å²) in [5.41, 5.74) is 1.62. The minimum Gasteiger partial charge on any atom is -0.336 e. The number of ketones is 1. The van der Waals surface area contributed by atoms with Crippen LogP contribution in [0.2, 0.25) is 0 Å². The average Bonchev–Trinajstić information content (AvgIpc) is 2.93. The number of aromatic amines is 1. The average molecular weight is 315 g/mol. The molecule has 3 aromatic rings. The number of allylic oxidation sites excluding steroid dienone is 1. The lowest BCUT2D eigenvalue weighted by molar-refractivity contribution is 0.104. The van der Waals surface area contributed by atoms with Gasteiger partial charge in [-0.15, -0.1) is 0 Å². The van der Waals surface area contributed by atoms with Gasteiger partial charge in [-0.05, 0) is 11.6 Å². The SMILES string of the molecule is O=C1/C(=C/c2ccccc2)Nc2nc(-c3ccccc3)[nH]c(=O)c21. The third kappa shape index (κ3) is 2.42. The molecule has 24 heavy (non-hydrogen) atoms. The van der Waals surface area contributed by atoms with Crippen LogP contribution < -0.4 is 10.9 Å². The van der Waals surface area contributed by atoms with E-state index in [1.165, 1.54) is 0 Å².